The predicted octanol–water partition coefficient (Wildman–Crippen LogP) is 8.59. The van der Waals surface area contributed by atoms with Gasteiger partial charge >= 0.3 is 16.3 Å². The summed E-state index contributed by atoms with van der Waals surface area (Å²) in [5.74, 6) is -3.44. The van der Waals surface area contributed by atoms with Gasteiger partial charge in [0.25, 0.3) is 0 Å². The first-order valence-corrected chi connectivity index (χ1v) is 10.3. The zero-order valence-electron chi connectivity index (χ0n) is 15.2. The molecule has 0 aromatic heterocycles. The summed E-state index contributed by atoms with van der Waals surface area (Å²) in [7, 11) is -10.3. The zero-order chi connectivity index (χ0) is 22.4. The molecular weight excluding hydrogens is 440 g/mol. The van der Waals surface area contributed by atoms with E-state index < -0.39 is 38.4 Å². The fourth-order valence-corrected chi connectivity index (χ4v) is 3.42. The third-order valence-corrected chi connectivity index (χ3v) is 5.33. The molecule has 0 radical (unpaired) electrons. The molecule has 0 bridgehead atoms. The number of rotatable bonds is 5. The van der Waals surface area contributed by atoms with Crippen LogP contribution in [0.4, 0.5) is 32.6 Å². The van der Waals surface area contributed by atoms with E-state index in [1.54, 1.807) is 12.1 Å². The summed E-state index contributed by atoms with van der Waals surface area (Å²) in [5, 5.41) is 0. The molecule has 3 rings (SSSR count). The smallest absolute Gasteiger partial charge is 0.426 e. The number of ether oxygens (including phenoxy) is 1. The summed E-state index contributed by atoms with van der Waals surface area (Å²) < 4.78 is 110. The third kappa shape index (κ3) is 4.86. The molecule has 0 heterocycles. The Kier molecular flexibility index (Phi) is 4.66. The van der Waals surface area contributed by atoms with Crippen LogP contribution in [-0.4, -0.2) is 0 Å². The molecule has 3 aromatic rings. The first-order valence-electron chi connectivity index (χ1n) is 8.33. The minimum Gasteiger partial charge on any atom is -0.429 e. The minimum absolute atomic E-state index is 0.151. The molecule has 0 amide bonds. The third-order valence-electron chi connectivity index (χ3n) is 4.17. The van der Waals surface area contributed by atoms with Crippen LogP contribution >= 0.6 is 10.2 Å². The normalized spacial score (nSPS) is 14.7. The maximum Gasteiger partial charge on any atom is 0.426 e. The van der Waals surface area contributed by atoms with Crippen molar-refractivity contribution in [3.05, 3.63) is 83.7 Å². The first kappa shape index (κ1) is 21.9. The van der Waals surface area contributed by atoms with Crippen LogP contribution in [0.1, 0.15) is 11.1 Å². The predicted molar refractivity (Wildman–Crippen MR) is 98.9 cm³/mol. The van der Waals surface area contributed by atoms with Crippen molar-refractivity contribution >= 4 is 10.2 Å². The van der Waals surface area contributed by atoms with Crippen molar-refractivity contribution in [1.82, 2.24) is 0 Å². The molecular formula is C20H14F8OS. The molecule has 0 N–H and O–H groups in total. The van der Waals surface area contributed by atoms with Gasteiger partial charge in [0, 0.05) is 6.07 Å². The van der Waals surface area contributed by atoms with E-state index in [9.17, 15) is 32.6 Å². The van der Waals surface area contributed by atoms with E-state index in [4.69, 9.17) is 0 Å². The lowest BCUT2D eigenvalue weighted by Gasteiger charge is -2.40. The highest BCUT2D eigenvalue weighted by atomic mass is 32.5. The Morgan fingerprint density at radius 2 is 1.23 bits per heavy atom. The van der Waals surface area contributed by atoms with Crippen LogP contribution in [0.25, 0.3) is 11.1 Å². The van der Waals surface area contributed by atoms with Crippen molar-refractivity contribution < 1.29 is 37.3 Å². The van der Waals surface area contributed by atoms with Gasteiger partial charge in [-0.1, -0.05) is 61.4 Å². The second-order valence-corrected chi connectivity index (χ2v) is 9.00. The maximum absolute atomic E-state index is 14.3. The van der Waals surface area contributed by atoms with Gasteiger partial charge < -0.3 is 4.74 Å². The number of hydrogen-bond donors (Lipinski definition) is 0. The quantitative estimate of drug-likeness (QED) is 0.351. The average molecular weight is 454 g/mol. The second kappa shape index (κ2) is 6.37. The van der Waals surface area contributed by atoms with E-state index in [0.29, 0.717) is 5.56 Å². The van der Waals surface area contributed by atoms with Gasteiger partial charge in [-0.25, -0.2) is 4.39 Å². The Hall–Kier alpha value is -2.75. The van der Waals surface area contributed by atoms with Gasteiger partial charge in [-0.05, 0) is 42.3 Å². The number of halogens is 8. The molecule has 30 heavy (non-hydrogen) atoms. The Labute approximate surface area is 166 Å². The lowest BCUT2D eigenvalue weighted by Crippen LogP contribution is -2.22. The molecule has 0 unspecified atom stereocenters. The average Bonchev–Trinajstić information content (AvgIpc) is 2.60. The maximum atomic E-state index is 14.3. The molecule has 0 aliphatic heterocycles. The summed E-state index contributed by atoms with van der Waals surface area (Å²) in [6.07, 6.45) is -4.05. The molecule has 3 aromatic carbocycles. The highest BCUT2D eigenvalue weighted by Gasteiger charge is 2.67. The summed E-state index contributed by atoms with van der Waals surface area (Å²) in [4.78, 5) is -2.80. The summed E-state index contributed by atoms with van der Waals surface area (Å²) >= 11 is 0. The van der Waals surface area contributed by atoms with Crippen LogP contribution in [-0.2, 0) is 6.11 Å². The molecule has 0 saturated carbocycles. The molecule has 0 fully saturated rings. The van der Waals surface area contributed by atoms with Gasteiger partial charge in [-0.2, -0.15) is 8.78 Å². The largest absolute Gasteiger partial charge is 0.429 e. The van der Waals surface area contributed by atoms with E-state index in [1.165, 1.54) is 12.1 Å². The summed E-state index contributed by atoms with van der Waals surface area (Å²) in [6, 6.07) is 11.9. The molecule has 0 spiro atoms. The minimum atomic E-state index is -10.3. The molecule has 0 saturated heterocycles. The van der Waals surface area contributed by atoms with Crippen molar-refractivity contribution in [2.24, 2.45) is 0 Å². The Balaban J connectivity index is 1.84. The molecule has 0 aliphatic rings. The molecule has 1 nitrogen and oxygen atoms in total. The lowest BCUT2D eigenvalue weighted by molar-refractivity contribution is -0.185. The highest BCUT2D eigenvalue weighted by molar-refractivity contribution is 8.45. The van der Waals surface area contributed by atoms with Gasteiger partial charge in [-0.15, -0.1) is 0 Å². The van der Waals surface area contributed by atoms with Gasteiger partial charge in [0.05, 0.1) is 5.56 Å². The van der Waals surface area contributed by atoms with E-state index in [1.807, 2.05) is 19.1 Å². The molecule has 162 valence electrons. The van der Waals surface area contributed by atoms with Crippen LogP contribution in [0.5, 0.6) is 5.75 Å². The van der Waals surface area contributed by atoms with Crippen molar-refractivity contribution in [3.8, 4) is 16.9 Å². The van der Waals surface area contributed by atoms with E-state index >= 15 is 0 Å². The number of hydrogen-bond acceptors (Lipinski definition) is 1. The van der Waals surface area contributed by atoms with Gasteiger partial charge in [0.15, 0.2) is 0 Å². The van der Waals surface area contributed by atoms with E-state index in [2.05, 4.69) is 4.74 Å². The van der Waals surface area contributed by atoms with Crippen LogP contribution in [0.15, 0.2) is 71.6 Å². The number of benzene rings is 3. The fraction of sp³-hybridized carbons (Fsp3) is 0.100. The summed E-state index contributed by atoms with van der Waals surface area (Å²) in [5.41, 5.74) is 1.75. The standard InChI is InChI=1S/C20H14F8OS/c1-13-2-4-14(5-3-13)15-6-8-16(9-7-15)20(22,23)29-17-10-11-19(18(21)12-17)30(24,25,26,27)28/h2-12H,1H3. The topological polar surface area (TPSA) is 9.23 Å². The van der Waals surface area contributed by atoms with Crippen molar-refractivity contribution in [3.63, 3.8) is 0 Å². The zero-order valence-corrected chi connectivity index (χ0v) is 16.0. The lowest BCUT2D eigenvalue weighted by atomic mass is 10.0. The highest BCUT2D eigenvalue weighted by Crippen LogP contribution is 3.02. The molecule has 0 aliphatic carbocycles. The number of alkyl halides is 2. The van der Waals surface area contributed by atoms with Gasteiger partial charge in [-0.3, -0.25) is 0 Å². The van der Waals surface area contributed by atoms with E-state index in [-0.39, 0.29) is 18.2 Å². The van der Waals surface area contributed by atoms with Crippen LogP contribution in [0.3, 0.4) is 0 Å². The van der Waals surface area contributed by atoms with Gasteiger partial charge in [0.2, 0.25) is 0 Å². The Bertz CT molecular complexity index is 1080. The Morgan fingerprint density at radius 3 is 1.70 bits per heavy atom. The van der Waals surface area contributed by atoms with Gasteiger partial charge in [0.1, 0.15) is 16.5 Å². The Morgan fingerprint density at radius 1 is 0.733 bits per heavy atom. The molecule has 0 atom stereocenters. The van der Waals surface area contributed by atoms with Crippen LogP contribution < -0.4 is 4.74 Å². The van der Waals surface area contributed by atoms with E-state index in [0.717, 1.165) is 23.3 Å². The van der Waals surface area contributed by atoms with Crippen LogP contribution in [0.2, 0.25) is 0 Å². The van der Waals surface area contributed by atoms with Crippen molar-refractivity contribution in [2.45, 2.75) is 17.9 Å². The first-order chi connectivity index (χ1) is 13.5. The second-order valence-electron chi connectivity index (χ2n) is 6.62. The fourth-order valence-electron chi connectivity index (χ4n) is 2.67. The number of aryl methyl sites for hydroxylation is 1. The van der Waals surface area contributed by atoms with Crippen molar-refractivity contribution in [2.75, 3.05) is 0 Å². The summed E-state index contributed by atoms with van der Waals surface area (Å²) in [6.45, 7) is 1.89. The SMILES string of the molecule is Cc1ccc(-c2ccc(C(F)(F)Oc3ccc(S(F)(F)(F)(F)F)c(F)c3)cc2)cc1. The molecule has 10 heteroatoms. The van der Waals surface area contributed by atoms with Crippen molar-refractivity contribution in [1.29, 1.82) is 0 Å². The monoisotopic (exact) mass is 454 g/mol. The van der Waals surface area contributed by atoms with Crippen LogP contribution in [0, 0.1) is 12.7 Å².